The van der Waals surface area contributed by atoms with Crippen molar-refractivity contribution in [2.24, 2.45) is 0 Å². The van der Waals surface area contributed by atoms with Crippen molar-refractivity contribution in [3.8, 4) is 5.75 Å². The number of hydrogen-bond acceptors (Lipinski definition) is 3. The summed E-state index contributed by atoms with van der Waals surface area (Å²) in [6.45, 7) is 0. The number of phenols is 1. The highest BCUT2D eigenvalue weighted by molar-refractivity contribution is 7.92. The lowest BCUT2D eigenvalue weighted by molar-refractivity contribution is 0.481. The molecule has 5 heteroatoms. The maximum atomic E-state index is 11.2. The summed E-state index contributed by atoms with van der Waals surface area (Å²) in [5.74, 6) is 0.134. The van der Waals surface area contributed by atoms with Crippen molar-refractivity contribution in [1.82, 2.24) is 0 Å². The average molecular weight is 237 g/mol. The van der Waals surface area contributed by atoms with Gasteiger partial charge in [-0.25, -0.2) is 8.42 Å². The Kier molecular flexibility index (Phi) is 2.47. The zero-order valence-electron chi connectivity index (χ0n) is 8.64. The van der Waals surface area contributed by atoms with Crippen LogP contribution in [0.15, 0.2) is 36.4 Å². The lowest BCUT2D eigenvalue weighted by atomic mass is 10.1. The Morgan fingerprint density at radius 1 is 1.06 bits per heavy atom. The average Bonchev–Trinajstić information content (AvgIpc) is 2.21. The third-order valence-corrected chi connectivity index (χ3v) is 2.79. The molecule has 4 nitrogen and oxygen atoms in total. The fraction of sp³-hybridized carbons (Fsp3) is 0.0909. The normalized spacial score (nSPS) is 11.6. The number of anilines is 1. The molecule has 0 spiro atoms. The maximum absolute atomic E-state index is 11.2. The number of sulfonamides is 1. The van der Waals surface area contributed by atoms with Gasteiger partial charge in [-0.15, -0.1) is 0 Å². The predicted octanol–water partition coefficient (Wildman–Crippen LogP) is 1.92. The van der Waals surface area contributed by atoms with Crippen LogP contribution in [-0.2, 0) is 10.0 Å². The minimum absolute atomic E-state index is 0.134. The van der Waals surface area contributed by atoms with Gasteiger partial charge >= 0.3 is 0 Å². The van der Waals surface area contributed by atoms with Crippen molar-refractivity contribution in [2.75, 3.05) is 11.0 Å². The van der Waals surface area contributed by atoms with E-state index in [9.17, 15) is 13.5 Å². The molecule has 0 atom stereocenters. The molecular formula is C11H11NO3S. The van der Waals surface area contributed by atoms with Gasteiger partial charge in [0.15, 0.2) is 0 Å². The molecule has 16 heavy (non-hydrogen) atoms. The minimum atomic E-state index is -3.31. The Hall–Kier alpha value is -1.75. The number of nitrogens with one attached hydrogen (secondary N) is 1. The second-order valence-corrected chi connectivity index (χ2v) is 5.30. The van der Waals surface area contributed by atoms with Crippen molar-refractivity contribution >= 4 is 26.5 Å². The van der Waals surface area contributed by atoms with Crippen LogP contribution in [0.4, 0.5) is 5.69 Å². The van der Waals surface area contributed by atoms with Crippen LogP contribution in [0.3, 0.4) is 0 Å². The lowest BCUT2D eigenvalue weighted by Crippen LogP contribution is -2.09. The van der Waals surface area contributed by atoms with Gasteiger partial charge in [-0.2, -0.15) is 0 Å². The third-order valence-electron chi connectivity index (χ3n) is 2.20. The molecule has 0 aromatic heterocycles. The summed E-state index contributed by atoms with van der Waals surface area (Å²) in [5, 5.41) is 10.9. The molecule has 2 rings (SSSR count). The lowest BCUT2D eigenvalue weighted by Gasteiger charge is -2.08. The van der Waals surface area contributed by atoms with E-state index in [0.29, 0.717) is 16.5 Å². The highest BCUT2D eigenvalue weighted by Crippen LogP contribution is 2.30. The van der Waals surface area contributed by atoms with Gasteiger partial charge in [0.2, 0.25) is 10.0 Å². The number of rotatable bonds is 2. The number of hydrogen-bond donors (Lipinski definition) is 2. The van der Waals surface area contributed by atoms with Crippen LogP contribution in [0.5, 0.6) is 5.75 Å². The minimum Gasteiger partial charge on any atom is -0.507 e. The Morgan fingerprint density at radius 3 is 2.31 bits per heavy atom. The van der Waals surface area contributed by atoms with Gasteiger partial charge in [0.25, 0.3) is 0 Å². The zero-order valence-corrected chi connectivity index (χ0v) is 9.45. The first-order valence-corrected chi connectivity index (χ1v) is 6.55. The number of phenolic OH excluding ortho intramolecular Hbond substituents is 1. The zero-order chi connectivity index (χ0) is 11.8. The van der Waals surface area contributed by atoms with Crippen LogP contribution in [0, 0.1) is 0 Å². The SMILES string of the molecule is CS(=O)(=O)Nc1ccc(O)c2ccccc12. The fourth-order valence-electron chi connectivity index (χ4n) is 1.57. The maximum Gasteiger partial charge on any atom is 0.229 e. The Balaban J connectivity index is 2.68. The molecule has 0 unspecified atom stereocenters. The van der Waals surface area contributed by atoms with Gasteiger partial charge in [0, 0.05) is 10.8 Å². The van der Waals surface area contributed by atoms with Crippen LogP contribution in [0.2, 0.25) is 0 Å². The number of aromatic hydroxyl groups is 1. The third kappa shape index (κ3) is 2.09. The predicted molar refractivity (Wildman–Crippen MR) is 64.1 cm³/mol. The second-order valence-electron chi connectivity index (χ2n) is 3.55. The van der Waals surface area contributed by atoms with Gasteiger partial charge in [0.1, 0.15) is 5.75 Å². The van der Waals surface area contributed by atoms with Crippen LogP contribution in [0.1, 0.15) is 0 Å². The molecule has 2 aromatic carbocycles. The highest BCUT2D eigenvalue weighted by atomic mass is 32.2. The Bertz CT molecular complexity index is 635. The van der Waals surface area contributed by atoms with E-state index in [1.54, 1.807) is 30.3 Å². The summed E-state index contributed by atoms with van der Waals surface area (Å²) >= 11 is 0. The summed E-state index contributed by atoms with van der Waals surface area (Å²) in [5.41, 5.74) is 0.468. The summed E-state index contributed by atoms with van der Waals surface area (Å²) in [6.07, 6.45) is 1.09. The Morgan fingerprint density at radius 2 is 1.69 bits per heavy atom. The van der Waals surface area contributed by atoms with E-state index in [1.807, 2.05) is 0 Å². The van der Waals surface area contributed by atoms with Crippen molar-refractivity contribution in [1.29, 1.82) is 0 Å². The van der Waals surface area contributed by atoms with Gasteiger partial charge in [-0.05, 0) is 12.1 Å². The van der Waals surface area contributed by atoms with Crippen LogP contribution >= 0.6 is 0 Å². The quantitative estimate of drug-likeness (QED) is 0.784. The molecule has 0 amide bonds. The summed E-state index contributed by atoms with van der Waals surface area (Å²) in [7, 11) is -3.31. The standard InChI is InChI=1S/C11H11NO3S/c1-16(14,15)12-10-6-7-11(13)9-5-3-2-4-8(9)10/h2-7,12-13H,1H3. The fourth-order valence-corrected chi connectivity index (χ4v) is 2.15. The molecule has 0 fully saturated rings. The van der Waals surface area contributed by atoms with Gasteiger partial charge < -0.3 is 5.11 Å². The largest absolute Gasteiger partial charge is 0.507 e. The van der Waals surface area contributed by atoms with Crippen molar-refractivity contribution in [2.45, 2.75) is 0 Å². The van der Waals surface area contributed by atoms with Crippen LogP contribution in [-0.4, -0.2) is 19.8 Å². The first kappa shape index (κ1) is 10.8. The molecule has 2 N–H and O–H groups in total. The van der Waals surface area contributed by atoms with E-state index in [2.05, 4.69) is 4.72 Å². The first-order chi connectivity index (χ1) is 7.47. The summed E-state index contributed by atoms with van der Waals surface area (Å²) in [6, 6.07) is 10.1. The monoisotopic (exact) mass is 237 g/mol. The molecule has 0 saturated carbocycles. The summed E-state index contributed by atoms with van der Waals surface area (Å²) in [4.78, 5) is 0. The van der Waals surface area contributed by atoms with E-state index in [1.165, 1.54) is 6.07 Å². The van der Waals surface area contributed by atoms with Crippen molar-refractivity contribution in [3.63, 3.8) is 0 Å². The van der Waals surface area contributed by atoms with Gasteiger partial charge in [-0.1, -0.05) is 24.3 Å². The van der Waals surface area contributed by atoms with Crippen molar-refractivity contribution < 1.29 is 13.5 Å². The first-order valence-electron chi connectivity index (χ1n) is 4.66. The van der Waals surface area contributed by atoms with Gasteiger partial charge in [-0.3, -0.25) is 4.72 Å². The molecule has 0 heterocycles. The highest BCUT2D eigenvalue weighted by Gasteiger charge is 2.07. The van der Waals surface area contributed by atoms with E-state index in [-0.39, 0.29) is 5.75 Å². The molecule has 0 radical (unpaired) electrons. The molecule has 0 bridgehead atoms. The van der Waals surface area contributed by atoms with Gasteiger partial charge in [0.05, 0.1) is 11.9 Å². The smallest absolute Gasteiger partial charge is 0.229 e. The molecule has 0 saturated heterocycles. The summed E-state index contributed by atoms with van der Waals surface area (Å²) < 4.78 is 24.7. The topological polar surface area (TPSA) is 66.4 Å². The van der Waals surface area contributed by atoms with E-state index in [4.69, 9.17) is 0 Å². The second kappa shape index (κ2) is 3.68. The molecule has 84 valence electrons. The van der Waals surface area contributed by atoms with Crippen molar-refractivity contribution in [3.05, 3.63) is 36.4 Å². The van der Waals surface area contributed by atoms with Crippen LogP contribution in [0.25, 0.3) is 10.8 Å². The number of benzene rings is 2. The van der Waals surface area contributed by atoms with Crippen LogP contribution < -0.4 is 4.72 Å². The molecule has 0 aliphatic carbocycles. The number of fused-ring (bicyclic) bond motifs is 1. The Labute approximate surface area is 93.6 Å². The van der Waals surface area contributed by atoms with E-state index < -0.39 is 10.0 Å². The van der Waals surface area contributed by atoms with E-state index >= 15 is 0 Å². The van der Waals surface area contributed by atoms with E-state index in [0.717, 1.165) is 6.26 Å². The molecule has 0 aliphatic heterocycles. The molecule has 2 aromatic rings. The molecule has 0 aliphatic rings. The molecular weight excluding hydrogens is 226 g/mol.